The van der Waals surface area contributed by atoms with Gasteiger partial charge in [0.2, 0.25) is 5.91 Å². The van der Waals surface area contributed by atoms with Gasteiger partial charge < -0.3 is 20.3 Å². The summed E-state index contributed by atoms with van der Waals surface area (Å²) in [6, 6.07) is -0.542. The zero-order valence-corrected chi connectivity index (χ0v) is 51.7. The molecule has 0 radical (unpaired) electrons. The van der Waals surface area contributed by atoms with Gasteiger partial charge in [0, 0.05) is 12.8 Å². The molecule has 1 amide bonds. The van der Waals surface area contributed by atoms with Crippen molar-refractivity contribution in [1.29, 1.82) is 0 Å². The Kier molecular flexibility index (Phi) is 64.5. The maximum Gasteiger partial charge on any atom is 0.305 e. The van der Waals surface area contributed by atoms with Crippen molar-refractivity contribution in [3.05, 3.63) is 48.6 Å². The number of esters is 1. The van der Waals surface area contributed by atoms with Crippen molar-refractivity contribution in [2.45, 2.75) is 379 Å². The fourth-order valence-electron chi connectivity index (χ4n) is 10.6. The first kappa shape index (κ1) is 74.8. The van der Waals surface area contributed by atoms with Gasteiger partial charge in [-0.1, -0.05) is 313 Å². The molecule has 6 heteroatoms. The highest BCUT2D eigenvalue weighted by Gasteiger charge is 2.20. The van der Waals surface area contributed by atoms with Crippen LogP contribution >= 0.6 is 0 Å². The third-order valence-corrected chi connectivity index (χ3v) is 15.9. The number of ether oxygens (including phenoxy) is 1. The molecule has 0 rings (SSSR count). The number of aliphatic hydroxyl groups excluding tert-OH is 2. The summed E-state index contributed by atoms with van der Waals surface area (Å²) in [5.74, 6) is -0.0303. The minimum atomic E-state index is -0.665. The third-order valence-electron chi connectivity index (χ3n) is 15.9. The molecule has 3 N–H and O–H groups in total. The van der Waals surface area contributed by atoms with Crippen molar-refractivity contribution >= 4 is 11.9 Å². The monoisotopic (exact) mass is 1080 g/mol. The molecule has 0 aromatic carbocycles. The summed E-state index contributed by atoms with van der Waals surface area (Å²) in [5.41, 5.74) is 0. The summed E-state index contributed by atoms with van der Waals surface area (Å²) in [7, 11) is 0. The van der Waals surface area contributed by atoms with E-state index >= 15 is 0 Å². The zero-order valence-electron chi connectivity index (χ0n) is 51.7. The van der Waals surface area contributed by atoms with Crippen LogP contribution in [0.2, 0.25) is 0 Å². The Labute approximate surface area is 480 Å². The molecule has 0 aliphatic rings. The average Bonchev–Trinajstić information content (AvgIpc) is 3.43. The van der Waals surface area contributed by atoms with E-state index < -0.39 is 12.1 Å². The summed E-state index contributed by atoms with van der Waals surface area (Å²) in [4.78, 5) is 24.6. The molecular formula is C71H133NO5. The van der Waals surface area contributed by atoms with Crippen molar-refractivity contribution < 1.29 is 24.5 Å². The van der Waals surface area contributed by atoms with Crippen LogP contribution in [-0.4, -0.2) is 47.4 Å². The topological polar surface area (TPSA) is 95.9 Å². The lowest BCUT2D eigenvalue weighted by molar-refractivity contribution is -0.143. The molecule has 0 aromatic rings. The van der Waals surface area contributed by atoms with Gasteiger partial charge in [-0.3, -0.25) is 9.59 Å². The number of aliphatic hydroxyl groups is 2. The Morgan fingerprint density at radius 2 is 0.649 bits per heavy atom. The Bertz CT molecular complexity index is 1290. The number of allylic oxidation sites excluding steroid dienone is 8. The fraction of sp³-hybridized carbons (Fsp3) is 0.859. The Morgan fingerprint density at radius 3 is 1.01 bits per heavy atom. The molecule has 0 bridgehead atoms. The summed E-state index contributed by atoms with van der Waals surface area (Å²) in [6.07, 6.45) is 85.8. The van der Waals surface area contributed by atoms with Crippen LogP contribution in [0.25, 0.3) is 0 Å². The molecule has 0 fully saturated rings. The first-order valence-corrected chi connectivity index (χ1v) is 34.4. The van der Waals surface area contributed by atoms with Crippen LogP contribution in [0.1, 0.15) is 367 Å². The number of hydrogen-bond donors (Lipinski definition) is 3. The molecule has 0 aromatic heterocycles. The summed E-state index contributed by atoms with van der Waals surface area (Å²) in [5, 5.41) is 23.3. The van der Waals surface area contributed by atoms with E-state index in [1.54, 1.807) is 0 Å². The van der Waals surface area contributed by atoms with E-state index in [2.05, 4.69) is 67.8 Å². The minimum Gasteiger partial charge on any atom is -0.466 e. The van der Waals surface area contributed by atoms with E-state index in [1.165, 1.54) is 276 Å². The molecule has 2 atom stereocenters. The average molecular weight is 1080 g/mol. The summed E-state index contributed by atoms with van der Waals surface area (Å²) < 4.78 is 5.49. The van der Waals surface area contributed by atoms with Crippen LogP contribution in [0.5, 0.6) is 0 Å². The lowest BCUT2D eigenvalue weighted by Crippen LogP contribution is -2.45. The van der Waals surface area contributed by atoms with Crippen molar-refractivity contribution in [2.75, 3.05) is 13.2 Å². The molecule has 0 heterocycles. The summed E-state index contributed by atoms with van der Waals surface area (Å²) >= 11 is 0. The Morgan fingerprint density at radius 1 is 0.364 bits per heavy atom. The van der Waals surface area contributed by atoms with Gasteiger partial charge in [-0.2, -0.15) is 0 Å². The summed E-state index contributed by atoms with van der Waals surface area (Å²) in [6.45, 7) is 4.94. The Hall–Kier alpha value is -2.18. The molecule has 77 heavy (non-hydrogen) atoms. The van der Waals surface area contributed by atoms with Gasteiger partial charge in [0.15, 0.2) is 0 Å². The van der Waals surface area contributed by atoms with Crippen LogP contribution in [-0.2, 0) is 14.3 Å². The van der Waals surface area contributed by atoms with Gasteiger partial charge in [-0.25, -0.2) is 0 Å². The quantitative estimate of drug-likeness (QED) is 0.0320. The number of amides is 1. The number of nitrogens with one attached hydrogen (secondary N) is 1. The standard InChI is InChI=1S/C71H133NO5/c1-3-5-7-9-11-13-15-17-19-33-37-41-45-49-53-57-61-65-71(76)77-66-62-58-54-50-46-42-38-35-32-30-28-26-24-22-20-21-23-25-27-29-31-34-36-40-44-48-52-56-60-64-70(75)72-68(67-73)69(74)63-59-55-51-47-43-39-18-16-14-12-10-8-6-4-2/h11,13,17,19-20,22,26,28,68-69,73-74H,3-10,12,14-16,18,21,23-25,27,29-67H2,1-2H3,(H,72,75)/b13-11-,19-17-,22-20-,28-26-. The fourth-order valence-corrected chi connectivity index (χ4v) is 10.6. The lowest BCUT2D eigenvalue weighted by atomic mass is 10.0. The first-order chi connectivity index (χ1) is 38.0. The highest BCUT2D eigenvalue weighted by molar-refractivity contribution is 5.76. The molecule has 0 saturated carbocycles. The minimum absolute atomic E-state index is 0.00427. The van der Waals surface area contributed by atoms with Crippen molar-refractivity contribution in [1.82, 2.24) is 5.32 Å². The van der Waals surface area contributed by atoms with Gasteiger partial charge in [0.25, 0.3) is 0 Å². The van der Waals surface area contributed by atoms with Gasteiger partial charge in [-0.05, 0) is 89.9 Å². The Balaban J connectivity index is 3.40. The zero-order chi connectivity index (χ0) is 55.7. The second-order valence-electron chi connectivity index (χ2n) is 23.5. The van der Waals surface area contributed by atoms with Crippen LogP contribution in [0.3, 0.4) is 0 Å². The van der Waals surface area contributed by atoms with E-state index in [0.29, 0.717) is 25.9 Å². The number of hydrogen-bond acceptors (Lipinski definition) is 5. The molecule has 2 unspecified atom stereocenters. The molecule has 0 aliphatic carbocycles. The SMILES string of the molecule is CCCCC/C=C\C/C=C\CCCCCCCCCC(=O)OCCCCCCCCCCC/C=C\C/C=C\CCCCCCCCCCCCCCCC(=O)NC(CO)C(O)CCCCCCCCCCCCCCCC. The van der Waals surface area contributed by atoms with E-state index in [0.717, 1.165) is 57.8 Å². The van der Waals surface area contributed by atoms with Crippen molar-refractivity contribution in [3.63, 3.8) is 0 Å². The second kappa shape index (κ2) is 66.3. The number of unbranched alkanes of at least 4 members (excludes halogenated alkanes) is 45. The normalized spacial score (nSPS) is 12.8. The van der Waals surface area contributed by atoms with Gasteiger partial charge in [0.1, 0.15) is 0 Å². The number of carbonyl (C=O) groups excluding carboxylic acids is 2. The number of rotatable bonds is 64. The van der Waals surface area contributed by atoms with Crippen LogP contribution in [0, 0.1) is 0 Å². The maximum absolute atomic E-state index is 12.5. The predicted octanol–water partition coefficient (Wildman–Crippen LogP) is 22.1. The molecule has 452 valence electrons. The van der Waals surface area contributed by atoms with E-state index in [1.807, 2.05) is 0 Å². The highest BCUT2D eigenvalue weighted by Crippen LogP contribution is 2.18. The van der Waals surface area contributed by atoms with Crippen molar-refractivity contribution in [3.8, 4) is 0 Å². The molecule has 0 aliphatic heterocycles. The smallest absolute Gasteiger partial charge is 0.305 e. The molecule has 0 saturated heterocycles. The van der Waals surface area contributed by atoms with Gasteiger partial charge in [0.05, 0.1) is 25.4 Å². The highest BCUT2D eigenvalue weighted by atomic mass is 16.5. The maximum atomic E-state index is 12.5. The largest absolute Gasteiger partial charge is 0.466 e. The van der Waals surface area contributed by atoms with Gasteiger partial charge >= 0.3 is 5.97 Å². The molecule has 0 spiro atoms. The second-order valence-corrected chi connectivity index (χ2v) is 23.5. The molecular weight excluding hydrogens is 947 g/mol. The van der Waals surface area contributed by atoms with Crippen LogP contribution < -0.4 is 5.32 Å². The van der Waals surface area contributed by atoms with E-state index in [4.69, 9.17) is 4.74 Å². The predicted molar refractivity (Wildman–Crippen MR) is 338 cm³/mol. The first-order valence-electron chi connectivity index (χ1n) is 34.4. The molecule has 6 nitrogen and oxygen atoms in total. The van der Waals surface area contributed by atoms with Crippen molar-refractivity contribution in [2.24, 2.45) is 0 Å². The van der Waals surface area contributed by atoms with E-state index in [9.17, 15) is 19.8 Å². The van der Waals surface area contributed by atoms with E-state index in [-0.39, 0.29) is 18.5 Å². The van der Waals surface area contributed by atoms with Crippen LogP contribution in [0.4, 0.5) is 0 Å². The third kappa shape index (κ3) is 62.9. The number of carbonyl (C=O) groups is 2. The van der Waals surface area contributed by atoms with Gasteiger partial charge in [-0.15, -0.1) is 0 Å². The lowest BCUT2D eigenvalue weighted by Gasteiger charge is -2.22. The van der Waals surface area contributed by atoms with Crippen LogP contribution in [0.15, 0.2) is 48.6 Å².